The van der Waals surface area contributed by atoms with Gasteiger partial charge in [0.2, 0.25) is 0 Å². The average Bonchev–Trinajstić information content (AvgIpc) is 1.59. The lowest BCUT2D eigenvalue weighted by atomic mass is 10.1. The van der Waals surface area contributed by atoms with E-state index in [1.165, 1.54) is 14.6 Å². The number of nitrogens with one attached hydrogen (secondary N) is 2. The minimum Gasteiger partial charge on any atom is -0.327 e. The maximum atomic E-state index is 13.2. The van der Waals surface area contributed by atoms with Crippen LogP contribution in [0.15, 0.2) is 141 Å². The van der Waals surface area contributed by atoms with Crippen molar-refractivity contribution < 1.29 is 15.8 Å². The Morgan fingerprint density at radius 1 is 0.495 bits per heavy atom. The van der Waals surface area contributed by atoms with Crippen molar-refractivity contribution in [3.63, 3.8) is 0 Å². The summed E-state index contributed by atoms with van der Waals surface area (Å²) in [6, 6.07) is 35.3. The number of thiophene rings is 3. The lowest BCUT2D eigenvalue weighted by Crippen LogP contribution is -2.41. The molecule has 0 saturated carbocycles. The summed E-state index contributed by atoms with van der Waals surface area (Å²) in [5, 5.41) is 46.6. The molecule has 2 N–H and O–H groups in total. The Bertz CT molecular complexity index is 4200. The van der Waals surface area contributed by atoms with Crippen LogP contribution >= 0.6 is 79.6 Å². The van der Waals surface area contributed by atoms with Gasteiger partial charge in [-0.05, 0) is 155 Å². The second kappa shape index (κ2) is 34.0. The van der Waals surface area contributed by atoms with Gasteiger partial charge in [0.25, 0.3) is 17.1 Å². The van der Waals surface area contributed by atoms with Gasteiger partial charge in [-0.25, -0.2) is 15.0 Å². The van der Waals surface area contributed by atoms with Crippen molar-refractivity contribution in [2.75, 3.05) is 33.7 Å². The predicted octanol–water partition coefficient (Wildman–Crippen LogP) is 16.6. The van der Waals surface area contributed by atoms with E-state index < -0.39 is 5.24 Å². The lowest BCUT2D eigenvalue weighted by molar-refractivity contribution is 0.0631. The number of hydrogen-bond acceptors (Lipinski definition) is 20. The summed E-state index contributed by atoms with van der Waals surface area (Å²) in [5.74, 6) is 5.16. The van der Waals surface area contributed by atoms with Gasteiger partial charge < -0.3 is 34.1 Å². The fourth-order valence-corrected chi connectivity index (χ4v) is 15.2. The zero-order valence-electron chi connectivity index (χ0n) is 53.9. The van der Waals surface area contributed by atoms with Gasteiger partial charge in [0.15, 0.2) is 44.1 Å². The molecule has 0 fully saturated rings. The molecule has 9 aromatic heterocycles. The summed E-state index contributed by atoms with van der Waals surface area (Å²) in [5.41, 5.74) is 8.30. The molecule has 2 unspecified atom stereocenters. The Hall–Kier alpha value is -8.11. The number of benzene rings is 3. The molecule has 0 saturated heterocycles. The summed E-state index contributed by atoms with van der Waals surface area (Å²) in [6.07, 6.45) is 0. The number of halogens is 1. The first-order chi connectivity index (χ1) is 45.6. The van der Waals surface area contributed by atoms with E-state index in [2.05, 4.69) is 99.7 Å². The molecule has 3 aliphatic rings. The first kappa shape index (κ1) is 71.2. The quantitative estimate of drug-likeness (QED) is 0.129. The number of aryl methyl sites for hydroxylation is 3. The van der Waals surface area contributed by atoms with E-state index in [0.717, 1.165) is 96.8 Å². The van der Waals surface area contributed by atoms with E-state index in [9.17, 15) is 14.4 Å². The summed E-state index contributed by atoms with van der Waals surface area (Å²) in [6.45, 7) is 18.8. The molecule has 12 heterocycles. The molecule has 19 nitrogen and oxygen atoms in total. The fraction of sp³-hybridized carbons (Fsp3) is 0.304. The fourth-order valence-electron chi connectivity index (χ4n) is 10.5. The van der Waals surface area contributed by atoms with Crippen LogP contribution < -0.4 is 10.6 Å². The maximum Gasteiger partial charge on any atom is 0.254 e. The van der Waals surface area contributed by atoms with Gasteiger partial charge in [-0.2, -0.15) is 0 Å². The molecule has 3 atom stereocenters. The van der Waals surface area contributed by atoms with Crippen LogP contribution in [0, 0.1) is 20.8 Å². The Labute approximate surface area is 586 Å². The van der Waals surface area contributed by atoms with Gasteiger partial charge in [0.05, 0.1) is 18.1 Å². The third-order valence-electron chi connectivity index (χ3n) is 15.1. The van der Waals surface area contributed by atoms with Crippen LogP contribution in [0.4, 0.5) is 0 Å². The van der Waals surface area contributed by atoms with Crippen molar-refractivity contribution in [1.29, 1.82) is 0 Å². The maximum absolute atomic E-state index is 13.2. The minimum atomic E-state index is -0.414. The number of carbonyl (C=O) groups is 3. The van der Waals surface area contributed by atoms with Crippen LogP contribution in [0.1, 0.15) is 135 Å². The normalized spacial score (nSPS) is 15.0. The number of amides is 2. The molecule has 95 heavy (non-hydrogen) atoms. The van der Waals surface area contributed by atoms with Crippen molar-refractivity contribution in [1.82, 2.24) is 79.7 Å². The Balaban J connectivity index is 0.000000164. The second-order valence-corrected chi connectivity index (χ2v) is 27.2. The highest BCUT2D eigenvalue weighted by Crippen LogP contribution is 2.35. The number of thiazole rings is 3. The highest BCUT2D eigenvalue weighted by atomic mass is 35.5. The monoisotopic (exact) mass is 1410 g/mol. The van der Waals surface area contributed by atoms with Crippen molar-refractivity contribution in [3.8, 4) is 63.8 Å². The van der Waals surface area contributed by atoms with Gasteiger partial charge in [-0.3, -0.25) is 14.4 Å². The zero-order valence-corrected chi connectivity index (χ0v) is 58.5. The minimum absolute atomic E-state index is 0. The molecule has 0 aliphatic carbocycles. The van der Waals surface area contributed by atoms with E-state index >= 15 is 0 Å². The third kappa shape index (κ3) is 16.9. The van der Waals surface area contributed by atoms with Crippen LogP contribution in [-0.4, -0.2) is 120 Å². The molecule has 496 valence electrons. The van der Waals surface area contributed by atoms with Crippen LogP contribution in [0.2, 0.25) is 0 Å². The van der Waals surface area contributed by atoms with Gasteiger partial charge >= 0.3 is 0 Å². The Morgan fingerprint density at radius 2 is 0.821 bits per heavy atom. The SMILES string of the molecule is C.C.CNC.Cc1csc(-c2nnc3n2CCN(C(=O)c2ccc(-c4cccs4)cc2)C3C)n1.Cc1csc(-c2nnc3n2CCN(C(=O)c2ccc(-c4cccs4)cc2)[C@@H]3C)n1.Cc1csc(-c2nnc3n2CCNC3C)n1.O=C(Cl)c1ccc(-c2cccs2)cc1.[2H]CC. The first-order valence-electron chi connectivity index (χ1n) is 30.7. The number of hydrogen-bond donors (Lipinski definition) is 2. The number of aromatic nitrogens is 12. The molecule has 0 spiro atoms. The van der Waals surface area contributed by atoms with Crippen molar-refractivity contribution >= 4 is 96.7 Å². The molecule has 0 bridgehead atoms. The highest BCUT2D eigenvalue weighted by Gasteiger charge is 2.34. The van der Waals surface area contributed by atoms with Crippen molar-refractivity contribution in [2.24, 2.45) is 0 Å². The van der Waals surface area contributed by atoms with Gasteiger partial charge in [-0.15, -0.1) is 98.6 Å². The molecule has 15 rings (SSSR count). The summed E-state index contributed by atoms with van der Waals surface area (Å²) < 4.78 is 12.6. The Morgan fingerprint density at radius 3 is 1.13 bits per heavy atom. The third-order valence-corrected chi connectivity index (χ3v) is 20.9. The number of fused-ring (bicyclic) bond motifs is 3. The van der Waals surface area contributed by atoms with Crippen LogP contribution in [0.3, 0.4) is 0 Å². The standard InChI is InChI=1S/2C21H19N5OS2.C11H7ClOS.C10H13N5S.C2H7N.C2H6.2CH4/c2*1-13-12-29-20(22-13)19-24-23-18-14(2)25(9-10-26(18)19)21(27)16-7-5-15(6-8-16)17-4-3-11-28-17;12-11(13)9-5-3-8(4-6-9)10-2-1-7-14-10;1-6-5-16-10(12-6)9-14-13-8-7(2)11-3-4-15(8)9;1-3-2;1-2;;/h2*3-8,11-12,14H,9-10H2,1-2H3;1-7H;5,7,11H,3-4H2,1-2H3;3H,1-2H3;1-2H3;2*1H4/t14-;;;;;;;/m1......./s1/i;;;;;1D;;. The van der Waals surface area contributed by atoms with Crippen LogP contribution in [-0.2, 0) is 19.6 Å². The average molecular weight is 1410 g/mol. The van der Waals surface area contributed by atoms with Crippen LogP contribution in [0.5, 0.6) is 0 Å². The van der Waals surface area contributed by atoms with Gasteiger partial charge in [0.1, 0.15) is 5.82 Å². The van der Waals surface area contributed by atoms with E-state index in [1.807, 2.05) is 165 Å². The molecule has 26 heteroatoms. The number of rotatable bonds is 9. The van der Waals surface area contributed by atoms with E-state index in [0.29, 0.717) is 49.8 Å². The summed E-state index contributed by atoms with van der Waals surface area (Å²) in [4.78, 5) is 58.0. The molecule has 3 aliphatic heterocycles. The highest BCUT2D eigenvalue weighted by molar-refractivity contribution is 7.14. The van der Waals surface area contributed by atoms with Gasteiger partial charge in [-0.1, -0.05) is 83.3 Å². The predicted molar refractivity (Wildman–Crippen MR) is 392 cm³/mol. The number of nitrogens with zero attached hydrogens (tertiary/aromatic N) is 14. The molecule has 2 amide bonds. The zero-order chi connectivity index (χ0) is 66.4. The smallest absolute Gasteiger partial charge is 0.254 e. The topological polar surface area (TPSA) is 213 Å². The number of carbonyl (C=O) groups excluding carboxylic acids is 3. The first-order valence-corrected chi connectivity index (χ1v) is 35.7. The molecule has 12 aromatic rings. The second-order valence-electron chi connectivity index (χ2n) is 21.4. The van der Waals surface area contributed by atoms with Crippen molar-refractivity contribution in [3.05, 3.63) is 193 Å². The summed E-state index contributed by atoms with van der Waals surface area (Å²) >= 11 is 15.2. The van der Waals surface area contributed by atoms with Crippen LogP contribution in [0.25, 0.3) is 63.8 Å². The molecule has 0 radical (unpaired) electrons. The van der Waals surface area contributed by atoms with E-state index in [4.69, 9.17) is 13.0 Å². The molecular formula is C69H79ClN16O3S6. The lowest BCUT2D eigenvalue weighted by Gasteiger charge is -2.33. The largest absolute Gasteiger partial charge is 0.327 e. The molecule has 3 aromatic carbocycles. The van der Waals surface area contributed by atoms with E-state index in [-0.39, 0.29) is 44.8 Å². The van der Waals surface area contributed by atoms with Crippen molar-refractivity contribution in [2.45, 2.75) is 108 Å². The summed E-state index contributed by atoms with van der Waals surface area (Å²) in [7, 11) is 3.75. The van der Waals surface area contributed by atoms with Gasteiger partial charge in [0, 0.05) is 105 Å². The Kier molecular flexibility index (Phi) is 25.5. The van der Waals surface area contributed by atoms with E-state index in [1.54, 1.807) is 87.1 Å². The molecular weight excluding hydrogens is 1330 g/mol.